The number of thiophene rings is 1. The molecule has 6 heteroatoms. The van der Waals surface area contributed by atoms with Gasteiger partial charge >= 0.3 is 6.03 Å². The van der Waals surface area contributed by atoms with Crippen LogP contribution in [0.25, 0.3) is 0 Å². The highest BCUT2D eigenvalue weighted by Crippen LogP contribution is 2.22. The number of carbonyl (C=O) groups is 1. The number of hydrogen-bond acceptors (Lipinski definition) is 4. The maximum absolute atomic E-state index is 11.8. The average Bonchev–Trinajstić information content (AvgIpc) is 3.08. The van der Waals surface area contributed by atoms with Gasteiger partial charge in [0.05, 0.1) is 18.7 Å². The monoisotopic (exact) mass is 298 g/mol. The number of nitrogens with one attached hydrogen (secondary N) is 2. The molecule has 3 unspecified atom stereocenters. The molecule has 3 atom stereocenters. The van der Waals surface area contributed by atoms with Crippen LogP contribution in [0.15, 0.2) is 16.8 Å². The summed E-state index contributed by atoms with van der Waals surface area (Å²) in [6.07, 6.45) is 2.12. The predicted octanol–water partition coefficient (Wildman–Crippen LogP) is 1.82. The molecule has 112 valence electrons. The Kier molecular flexibility index (Phi) is 5.01. The number of urea groups is 1. The van der Waals surface area contributed by atoms with Crippen molar-refractivity contribution in [3.63, 3.8) is 0 Å². The lowest BCUT2D eigenvalue weighted by molar-refractivity contribution is 0.0585. The maximum atomic E-state index is 11.8. The number of amides is 2. The number of ether oxygens (including phenoxy) is 1. The molecule has 1 fully saturated rings. The van der Waals surface area contributed by atoms with Crippen LogP contribution in [0.1, 0.15) is 32.3 Å². The van der Waals surface area contributed by atoms with Gasteiger partial charge in [0, 0.05) is 6.61 Å². The molecule has 1 aromatic heterocycles. The third-order valence-electron chi connectivity index (χ3n) is 3.62. The summed E-state index contributed by atoms with van der Waals surface area (Å²) >= 11 is 1.52. The van der Waals surface area contributed by atoms with E-state index in [1.54, 1.807) is 6.92 Å². The molecule has 0 radical (unpaired) electrons. The first kappa shape index (κ1) is 15.3. The van der Waals surface area contributed by atoms with Crippen molar-refractivity contribution < 1.29 is 14.6 Å². The molecule has 0 aromatic carbocycles. The van der Waals surface area contributed by atoms with Crippen molar-refractivity contribution in [2.24, 2.45) is 0 Å². The molecular weight excluding hydrogens is 276 g/mol. The van der Waals surface area contributed by atoms with Crippen molar-refractivity contribution in [2.45, 2.75) is 44.4 Å². The van der Waals surface area contributed by atoms with Gasteiger partial charge in [-0.05, 0) is 49.1 Å². The zero-order valence-corrected chi connectivity index (χ0v) is 12.7. The Hall–Kier alpha value is -1.11. The first-order chi connectivity index (χ1) is 9.49. The number of carbonyl (C=O) groups excluding carboxylic acids is 1. The van der Waals surface area contributed by atoms with Gasteiger partial charge in [-0.3, -0.25) is 0 Å². The van der Waals surface area contributed by atoms with Crippen molar-refractivity contribution >= 4 is 17.4 Å². The van der Waals surface area contributed by atoms with Crippen LogP contribution in [0.5, 0.6) is 0 Å². The Morgan fingerprint density at radius 1 is 1.70 bits per heavy atom. The number of aliphatic hydroxyl groups is 1. The SMILES string of the molecule is CC(NC(=O)NCC(C)(O)c1ccsc1)C1CCCO1. The topological polar surface area (TPSA) is 70.6 Å². The van der Waals surface area contributed by atoms with E-state index in [0.29, 0.717) is 0 Å². The smallest absolute Gasteiger partial charge is 0.315 e. The van der Waals surface area contributed by atoms with Gasteiger partial charge in [0.15, 0.2) is 0 Å². The Balaban J connectivity index is 1.77. The average molecular weight is 298 g/mol. The Morgan fingerprint density at radius 2 is 2.50 bits per heavy atom. The van der Waals surface area contributed by atoms with Gasteiger partial charge in [0.25, 0.3) is 0 Å². The van der Waals surface area contributed by atoms with Crippen molar-refractivity contribution in [1.29, 1.82) is 0 Å². The summed E-state index contributed by atoms with van der Waals surface area (Å²) in [6.45, 7) is 4.57. The lowest BCUT2D eigenvalue weighted by atomic mass is 9.99. The first-order valence-corrected chi connectivity index (χ1v) is 7.84. The fourth-order valence-corrected chi connectivity index (χ4v) is 3.06. The Bertz CT molecular complexity index is 428. The largest absolute Gasteiger partial charge is 0.384 e. The minimum absolute atomic E-state index is 0.0244. The molecule has 1 aromatic rings. The summed E-state index contributed by atoms with van der Waals surface area (Å²) in [4.78, 5) is 11.8. The van der Waals surface area contributed by atoms with Gasteiger partial charge in [0.2, 0.25) is 0 Å². The van der Waals surface area contributed by atoms with E-state index in [2.05, 4.69) is 10.6 Å². The van der Waals surface area contributed by atoms with Crippen molar-refractivity contribution in [2.75, 3.05) is 13.2 Å². The highest BCUT2D eigenvalue weighted by atomic mass is 32.1. The molecule has 2 rings (SSSR count). The molecule has 0 spiro atoms. The molecule has 2 heterocycles. The van der Waals surface area contributed by atoms with Gasteiger partial charge in [-0.25, -0.2) is 4.79 Å². The standard InChI is InChI=1S/C14H22N2O3S/c1-10(12-4-3-6-19-12)16-13(17)15-9-14(2,18)11-5-7-20-8-11/h5,7-8,10,12,18H,3-4,6,9H2,1-2H3,(H2,15,16,17). The molecule has 0 aliphatic carbocycles. The van der Waals surface area contributed by atoms with Gasteiger partial charge < -0.3 is 20.5 Å². The molecule has 2 amide bonds. The van der Waals surface area contributed by atoms with Crippen LogP contribution < -0.4 is 10.6 Å². The van der Waals surface area contributed by atoms with E-state index in [1.807, 2.05) is 23.8 Å². The normalized spacial score (nSPS) is 23.1. The highest BCUT2D eigenvalue weighted by Gasteiger charge is 2.26. The summed E-state index contributed by atoms with van der Waals surface area (Å²) in [5, 5.41) is 19.7. The van der Waals surface area contributed by atoms with Gasteiger partial charge in [-0.1, -0.05) is 0 Å². The summed E-state index contributed by atoms with van der Waals surface area (Å²) < 4.78 is 5.53. The van der Waals surface area contributed by atoms with Crippen LogP contribution in [-0.4, -0.2) is 36.4 Å². The molecule has 0 bridgehead atoms. The molecule has 3 N–H and O–H groups in total. The zero-order valence-electron chi connectivity index (χ0n) is 11.9. The van der Waals surface area contributed by atoms with Gasteiger partial charge in [0.1, 0.15) is 5.60 Å². The summed E-state index contributed by atoms with van der Waals surface area (Å²) in [6, 6.07) is 1.56. The second-order valence-corrected chi connectivity index (χ2v) is 6.23. The Labute approximate surface area is 123 Å². The van der Waals surface area contributed by atoms with Gasteiger partial charge in [-0.15, -0.1) is 0 Å². The van der Waals surface area contributed by atoms with E-state index < -0.39 is 5.60 Å². The van der Waals surface area contributed by atoms with Crippen LogP contribution in [0.3, 0.4) is 0 Å². The Morgan fingerprint density at radius 3 is 3.10 bits per heavy atom. The second kappa shape index (κ2) is 6.56. The molecular formula is C14H22N2O3S. The van der Waals surface area contributed by atoms with Crippen molar-refractivity contribution in [3.05, 3.63) is 22.4 Å². The van der Waals surface area contributed by atoms with Crippen LogP contribution >= 0.6 is 11.3 Å². The van der Waals surface area contributed by atoms with E-state index in [4.69, 9.17) is 4.74 Å². The van der Waals surface area contributed by atoms with Crippen molar-refractivity contribution in [3.8, 4) is 0 Å². The van der Waals surface area contributed by atoms with Crippen LogP contribution in [-0.2, 0) is 10.3 Å². The molecule has 1 aliphatic heterocycles. The van der Waals surface area contributed by atoms with Crippen LogP contribution in [0.2, 0.25) is 0 Å². The third-order valence-corrected chi connectivity index (χ3v) is 4.30. The van der Waals surface area contributed by atoms with Gasteiger partial charge in [-0.2, -0.15) is 11.3 Å². The fourth-order valence-electron chi connectivity index (χ4n) is 2.27. The van der Waals surface area contributed by atoms with E-state index in [9.17, 15) is 9.90 Å². The maximum Gasteiger partial charge on any atom is 0.315 e. The predicted molar refractivity (Wildman–Crippen MR) is 78.9 cm³/mol. The van der Waals surface area contributed by atoms with Crippen molar-refractivity contribution in [1.82, 2.24) is 10.6 Å². The number of rotatable bonds is 5. The summed E-state index contributed by atoms with van der Waals surface area (Å²) in [7, 11) is 0. The van der Waals surface area contributed by atoms with E-state index in [0.717, 1.165) is 25.0 Å². The lowest BCUT2D eigenvalue weighted by Gasteiger charge is -2.25. The fraction of sp³-hybridized carbons (Fsp3) is 0.643. The minimum Gasteiger partial charge on any atom is -0.384 e. The second-order valence-electron chi connectivity index (χ2n) is 5.45. The minimum atomic E-state index is -1.05. The summed E-state index contributed by atoms with van der Waals surface area (Å²) in [5.41, 5.74) is -0.236. The molecule has 1 aliphatic rings. The van der Waals surface area contributed by atoms with E-state index >= 15 is 0 Å². The zero-order chi connectivity index (χ0) is 14.6. The lowest BCUT2D eigenvalue weighted by Crippen LogP contribution is -2.49. The summed E-state index contributed by atoms with van der Waals surface area (Å²) in [5.74, 6) is 0. The van der Waals surface area contributed by atoms with E-state index in [-0.39, 0.29) is 24.7 Å². The molecule has 0 saturated carbocycles. The number of hydrogen-bond donors (Lipinski definition) is 3. The highest BCUT2D eigenvalue weighted by molar-refractivity contribution is 7.08. The molecule has 1 saturated heterocycles. The van der Waals surface area contributed by atoms with Crippen LogP contribution in [0, 0.1) is 0 Å². The quantitative estimate of drug-likeness (QED) is 0.776. The third kappa shape index (κ3) is 3.94. The van der Waals surface area contributed by atoms with E-state index in [1.165, 1.54) is 11.3 Å². The molecule has 20 heavy (non-hydrogen) atoms. The van der Waals surface area contributed by atoms with Crippen LogP contribution in [0.4, 0.5) is 4.79 Å². The molecule has 5 nitrogen and oxygen atoms in total. The first-order valence-electron chi connectivity index (χ1n) is 6.90.